The van der Waals surface area contributed by atoms with Crippen molar-refractivity contribution in [1.82, 2.24) is 0 Å². The molecule has 0 spiro atoms. The van der Waals surface area contributed by atoms with Gasteiger partial charge in [-0.3, -0.25) is 4.99 Å². The summed E-state index contributed by atoms with van der Waals surface area (Å²) in [6, 6.07) is 7.00. The number of nitrogens with zero attached hydrogens (tertiary/aromatic N) is 1. The van der Waals surface area contributed by atoms with Crippen molar-refractivity contribution in [2.24, 2.45) is 4.99 Å². The molecule has 0 radical (unpaired) electrons. The van der Waals surface area contributed by atoms with E-state index in [2.05, 4.69) is 4.99 Å². The number of hydrogen-bond donors (Lipinski definition) is 0. The van der Waals surface area contributed by atoms with Gasteiger partial charge in [0.05, 0.1) is 17.8 Å². The fourth-order valence-corrected chi connectivity index (χ4v) is 3.49. The first-order valence-electron chi connectivity index (χ1n) is 9.01. The molecule has 10 heteroatoms. The maximum Gasteiger partial charge on any atom is 0.423 e. The summed E-state index contributed by atoms with van der Waals surface area (Å²) < 4.78 is 95.4. The van der Waals surface area contributed by atoms with Gasteiger partial charge < -0.3 is 14.2 Å². The minimum atomic E-state index is -4.75. The van der Waals surface area contributed by atoms with Gasteiger partial charge in [0, 0.05) is 18.2 Å². The molecule has 4 rings (SSSR count). The number of alkyl halides is 6. The number of allylic oxidation sites excluding steroid dienone is 1. The third-order valence-corrected chi connectivity index (χ3v) is 5.17. The highest BCUT2D eigenvalue weighted by atomic mass is 19.4. The molecule has 31 heavy (non-hydrogen) atoms. The van der Waals surface area contributed by atoms with E-state index in [-0.39, 0.29) is 35.1 Å². The van der Waals surface area contributed by atoms with Gasteiger partial charge in [0.1, 0.15) is 0 Å². The lowest BCUT2D eigenvalue weighted by molar-refractivity contribution is -0.272. The minimum Gasteiger partial charge on any atom is -0.454 e. The number of aliphatic imine (C=N–C) groups is 1. The molecular weight excluding hydrogens is 428 g/mol. The van der Waals surface area contributed by atoms with Crippen LogP contribution in [0.4, 0.5) is 26.3 Å². The van der Waals surface area contributed by atoms with Crippen molar-refractivity contribution >= 4 is 11.8 Å². The van der Waals surface area contributed by atoms with Crippen LogP contribution in [0.3, 0.4) is 0 Å². The molecule has 0 saturated carbocycles. The molecule has 0 N–H and O–H groups in total. The molecular formula is C21H15F6NO3. The molecule has 4 nitrogen and oxygen atoms in total. The minimum absolute atomic E-state index is 0.127. The van der Waals surface area contributed by atoms with Gasteiger partial charge in [-0.05, 0) is 35.9 Å². The Morgan fingerprint density at radius 3 is 2.19 bits per heavy atom. The van der Waals surface area contributed by atoms with Gasteiger partial charge in [0.25, 0.3) is 0 Å². The van der Waals surface area contributed by atoms with Crippen LogP contribution in [0.2, 0.25) is 0 Å². The fraction of sp³-hybridized carbons (Fsp3) is 0.286. The van der Waals surface area contributed by atoms with Gasteiger partial charge in [-0.25, -0.2) is 0 Å². The maximum absolute atomic E-state index is 14.0. The van der Waals surface area contributed by atoms with Crippen molar-refractivity contribution in [3.05, 3.63) is 64.7 Å². The lowest BCUT2D eigenvalue weighted by atomic mass is 9.83. The summed E-state index contributed by atoms with van der Waals surface area (Å²) >= 11 is 0. The molecule has 0 bridgehead atoms. The van der Waals surface area contributed by atoms with E-state index in [1.807, 2.05) is 0 Å². The van der Waals surface area contributed by atoms with Gasteiger partial charge in [0.2, 0.25) is 12.4 Å². The molecule has 2 aliphatic rings. The first kappa shape index (κ1) is 21.2. The third-order valence-electron chi connectivity index (χ3n) is 5.17. The van der Waals surface area contributed by atoms with E-state index in [9.17, 15) is 26.3 Å². The van der Waals surface area contributed by atoms with Crippen LogP contribution in [-0.4, -0.2) is 32.3 Å². The Morgan fingerprint density at radius 2 is 1.61 bits per heavy atom. The second kappa shape index (κ2) is 7.30. The number of hydrogen-bond acceptors (Lipinski definition) is 4. The topological polar surface area (TPSA) is 40.0 Å². The Morgan fingerprint density at radius 1 is 0.968 bits per heavy atom. The monoisotopic (exact) mass is 443 g/mol. The Balaban J connectivity index is 1.74. The highest BCUT2D eigenvalue weighted by Crippen LogP contribution is 2.49. The molecule has 2 aromatic carbocycles. The zero-order valence-corrected chi connectivity index (χ0v) is 16.0. The second-order valence-corrected chi connectivity index (χ2v) is 6.93. The van der Waals surface area contributed by atoms with Gasteiger partial charge >= 0.3 is 12.4 Å². The Hall–Kier alpha value is -3.01. The molecule has 1 unspecified atom stereocenters. The number of methoxy groups -OCH3 is 1. The van der Waals surface area contributed by atoms with E-state index in [0.29, 0.717) is 5.56 Å². The van der Waals surface area contributed by atoms with E-state index >= 15 is 0 Å². The van der Waals surface area contributed by atoms with Crippen molar-refractivity contribution in [3.63, 3.8) is 0 Å². The van der Waals surface area contributed by atoms with Crippen molar-refractivity contribution in [2.45, 2.75) is 18.0 Å². The predicted octanol–water partition coefficient (Wildman–Crippen LogP) is 5.35. The Bertz CT molecular complexity index is 1060. The Kier molecular flexibility index (Phi) is 5.00. The number of fused-ring (bicyclic) bond motifs is 2. The van der Waals surface area contributed by atoms with Crippen LogP contribution in [0.15, 0.2) is 47.5 Å². The summed E-state index contributed by atoms with van der Waals surface area (Å²) in [7, 11) is 0.959. The summed E-state index contributed by atoms with van der Waals surface area (Å²) in [6.45, 7) is -0.843. The zero-order valence-electron chi connectivity index (χ0n) is 16.0. The fourth-order valence-electron chi connectivity index (χ4n) is 3.49. The lowest BCUT2D eigenvalue weighted by Crippen LogP contribution is -2.49. The zero-order chi connectivity index (χ0) is 22.4. The highest BCUT2D eigenvalue weighted by Gasteiger charge is 2.59. The van der Waals surface area contributed by atoms with Gasteiger partial charge in [-0.1, -0.05) is 18.2 Å². The highest BCUT2D eigenvalue weighted by molar-refractivity contribution is 6.13. The van der Waals surface area contributed by atoms with Gasteiger partial charge in [0.15, 0.2) is 11.5 Å². The van der Waals surface area contributed by atoms with Crippen LogP contribution in [0.5, 0.6) is 11.5 Å². The summed E-state index contributed by atoms with van der Waals surface area (Å²) in [5.41, 5.74) is -2.85. The molecule has 0 fully saturated rings. The van der Waals surface area contributed by atoms with Crippen molar-refractivity contribution < 1.29 is 40.6 Å². The molecule has 2 aliphatic heterocycles. The van der Waals surface area contributed by atoms with Crippen LogP contribution in [0.1, 0.15) is 22.3 Å². The average Bonchev–Trinajstić information content (AvgIpc) is 3.17. The summed E-state index contributed by atoms with van der Waals surface area (Å²) in [5.74, 6) is 0.431. The molecule has 0 saturated heterocycles. The van der Waals surface area contributed by atoms with Crippen LogP contribution in [-0.2, 0) is 16.5 Å². The summed E-state index contributed by atoms with van der Waals surface area (Å²) in [5, 5.41) is 0. The second-order valence-electron chi connectivity index (χ2n) is 6.93. The van der Waals surface area contributed by atoms with Gasteiger partial charge in [-0.2, -0.15) is 26.3 Å². The van der Waals surface area contributed by atoms with E-state index in [0.717, 1.165) is 19.2 Å². The first-order valence-corrected chi connectivity index (χ1v) is 9.01. The lowest BCUT2D eigenvalue weighted by Gasteiger charge is -2.37. The van der Waals surface area contributed by atoms with Crippen molar-refractivity contribution in [3.8, 4) is 11.5 Å². The van der Waals surface area contributed by atoms with Crippen molar-refractivity contribution in [1.29, 1.82) is 0 Å². The number of ether oxygens (including phenoxy) is 3. The van der Waals surface area contributed by atoms with Gasteiger partial charge in [-0.15, -0.1) is 0 Å². The SMILES string of the molecule is COC1(C(F)(F)F)CN=C(/C=C/c2ccc(C(F)(F)F)cc2)c2cc3c(cc21)OCO3. The molecule has 1 atom stereocenters. The average molecular weight is 443 g/mol. The number of halogens is 6. The van der Waals surface area contributed by atoms with E-state index in [4.69, 9.17) is 14.2 Å². The Labute approximate surface area is 172 Å². The van der Waals surface area contributed by atoms with E-state index < -0.39 is 30.1 Å². The van der Waals surface area contributed by atoms with E-state index in [1.165, 1.54) is 36.4 Å². The number of benzene rings is 2. The molecule has 164 valence electrons. The van der Waals surface area contributed by atoms with Crippen molar-refractivity contribution in [2.75, 3.05) is 20.4 Å². The maximum atomic E-state index is 14.0. The predicted molar refractivity (Wildman–Crippen MR) is 99.2 cm³/mol. The normalized spacial score (nSPS) is 20.7. The first-order chi connectivity index (χ1) is 14.5. The molecule has 2 aromatic rings. The smallest absolute Gasteiger partial charge is 0.423 e. The number of rotatable bonds is 3. The van der Waals surface area contributed by atoms with Crippen LogP contribution < -0.4 is 9.47 Å². The quantitative estimate of drug-likeness (QED) is 0.601. The summed E-state index contributed by atoms with van der Waals surface area (Å²) in [6.07, 6.45) is -6.30. The van der Waals surface area contributed by atoms with Crippen LogP contribution in [0, 0.1) is 0 Å². The van der Waals surface area contributed by atoms with Crippen LogP contribution >= 0.6 is 0 Å². The standard InChI is InChI=1S/C21H15F6NO3/c1-29-19(21(25,26)27)10-28-16(14-8-17-18(9-15(14)19)31-11-30-17)7-4-12-2-5-13(6-3-12)20(22,23)24/h2-9H,10-11H2,1H3/b7-4+. The largest absolute Gasteiger partial charge is 0.454 e. The van der Waals surface area contributed by atoms with Crippen LogP contribution in [0.25, 0.3) is 6.08 Å². The molecule has 2 heterocycles. The van der Waals surface area contributed by atoms with E-state index in [1.54, 1.807) is 0 Å². The molecule has 0 aliphatic carbocycles. The third kappa shape index (κ3) is 3.65. The summed E-state index contributed by atoms with van der Waals surface area (Å²) in [4.78, 5) is 4.07. The molecule has 0 amide bonds. The molecule has 0 aromatic heterocycles.